The van der Waals surface area contributed by atoms with Crippen LogP contribution in [0.1, 0.15) is 18.7 Å². The average Bonchev–Trinajstić information content (AvgIpc) is 2.92. The standard InChI is InChI=1S/C20H30N4O/c1-4-11-24-18-9-6-5-8-17(18)21-19(24)13-23-12-7-10-20(15-23,16-25)14-22(2)3/h4-6,8-9,25H,1,7,10-16H2,2-3H3/t20-/m1/s1. The molecule has 1 fully saturated rings. The monoisotopic (exact) mass is 342 g/mol. The molecule has 0 spiro atoms. The topological polar surface area (TPSA) is 44.5 Å². The molecular formula is C20H30N4O. The predicted molar refractivity (Wildman–Crippen MR) is 103 cm³/mol. The van der Waals surface area contributed by atoms with Crippen molar-refractivity contribution in [3.63, 3.8) is 0 Å². The second kappa shape index (κ2) is 7.68. The number of fused-ring (bicyclic) bond motifs is 1. The van der Waals surface area contributed by atoms with E-state index < -0.39 is 0 Å². The summed E-state index contributed by atoms with van der Waals surface area (Å²) in [6, 6.07) is 8.28. The van der Waals surface area contributed by atoms with Gasteiger partial charge in [0.15, 0.2) is 0 Å². The maximum absolute atomic E-state index is 10.0. The highest BCUT2D eigenvalue weighted by Gasteiger charge is 2.35. The van der Waals surface area contributed by atoms with Crippen molar-refractivity contribution < 1.29 is 5.11 Å². The van der Waals surface area contributed by atoms with E-state index in [2.05, 4.69) is 53.2 Å². The number of hydrogen-bond acceptors (Lipinski definition) is 4. The average molecular weight is 342 g/mol. The van der Waals surface area contributed by atoms with Gasteiger partial charge in [-0.25, -0.2) is 4.98 Å². The smallest absolute Gasteiger partial charge is 0.124 e. The summed E-state index contributed by atoms with van der Waals surface area (Å²) in [6.07, 6.45) is 4.13. The van der Waals surface area contributed by atoms with Crippen molar-refractivity contribution in [1.82, 2.24) is 19.4 Å². The van der Waals surface area contributed by atoms with Crippen LogP contribution in [0.4, 0.5) is 0 Å². The highest BCUT2D eigenvalue weighted by molar-refractivity contribution is 5.75. The summed E-state index contributed by atoms with van der Waals surface area (Å²) < 4.78 is 2.25. The van der Waals surface area contributed by atoms with Gasteiger partial charge in [-0.1, -0.05) is 18.2 Å². The van der Waals surface area contributed by atoms with Gasteiger partial charge in [0.25, 0.3) is 0 Å². The van der Waals surface area contributed by atoms with Crippen molar-refractivity contribution in [2.45, 2.75) is 25.9 Å². The molecule has 1 N–H and O–H groups in total. The van der Waals surface area contributed by atoms with Crippen molar-refractivity contribution in [3.8, 4) is 0 Å². The fourth-order valence-corrected chi connectivity index (χ4v) is 4.20. The molecule has 0 radical (unpaired) electrons. The molecule has 1 aliphatic rings. The summed E-state index contributed by atoms with van der Waals surface area (Å²) in [5.41, 5.74) is 2.17. The van der Waals surface area contributed by atoms with Crippen LogP contribution in [-0.2, 0) is 13.1 Å². The number of para-hydroxylation sites is 2. The van der Waals surface area contributed by atoms with Crippen molar-refractivity contribution in [2.24, 2.45) is 5.41 Å². The highest BCUT2D eigenvalue weighted by Crippen LogP contribution is 2.31. The second-order valence-corrected chi connectivity index (χ2v) is 7.63. The second-order valence-electron chi connectivity index (χ2n) is 7.63. The number of piperidine rings is 1. The van der Waals surface area contributed by atoms with Gasteiger partial charge in [0.2, 0.25) is 0 Å². The molecule has 0 unspecified atom stereocenters. The molecule has 25 heavy (non-hydrogen) atoms. The summed E-state index contributed by atoms with van der Waals surface area (Å²) in [6.45, 7) is 8.62. The zero-order valence-corrected chi connectivity index (χ0v) is 15.5. The Morgan fingerprint density at radius 1 is 1.36 bits per heavy atom. The number of rotatable bonds is 7. The quantitative estimate of drug-likeness (QED) is 0.785. The first kappa shape index (κ1) is 18.1. The molecule has 0 saturated carbocycles. The Hall–Kier alpha value is -1.69. The number of benzene rings is 1. The molecule has 5 heteroatoms. The molecule has 1 aromatic heterocycles. The minimum Gasteiger partial charge on any atom is -0.396 e. The normalized spacial score (nSPS) is 21.9. The van der Waals surface area contributed by atoms with Crippen LogP contribution in [-0.4, -0.2) is 64.8 Å². The van der Waals surface area contributed by atoms with E-state index in [1.165, 1.54) is 0 Å². The van der Waals surface area contributed by atoms with Crippen LogP contribution < -0.4 is 0 Å². The summed E-state index contributed by atoms with van der Waals surface area (Å²) in [7, 11) is 4.17. The van der Waals surface area contributed by atoms with E-state index in [-0.39, 0.29) is 12.0 Å². The summed E-state index contributed by atoms with van der Waals surface area (Å²) in [5.74, 6) is 1.08. The minimum atomic E-state index is -0.0307. The van der Waals surface area contributed by atoms with E-state index in [0.29, 0.717) is 0 Å². The Morgan fingerprint density at radius 2 is 2.16 bits per heavy atom. The molecule has 1 saturated heterocycles. The number of allylic oxidation sites excluding steroid dienone is 1. The van der Waals surface area contributed by atoms with Crippen LogP contribution in [0.15, 0.2) is 36.9 Å². The van der Waals surface area contributed by atoms with E-state index in [1.54, 1.807) is 0 Å². The third-order valence-electron chi connectivity index (χ3n) is 5.14. The van der Waals surface area contributed by atoms with Crippen LogP contribution in [0, 0.1) is 5.41 Å². The van der Waals surface area contributed by atoms with Gasteiger partial charge in [0.05, 0.1) is 24.2 Å². The number of aliphatic hydroxyl groups excluding tert-OH is 1. The van der Waals surface area contributed by atoms with Gasteiger partial charge in [-0.05, 0) is 45.6 Å². The Morgan fingerprint density at radius 3 is 2.88 bits per heavy atom. The molecule has 136 valence electrons. The zero-order chi connectivity index (χ0) is 17.9. The highest BCUT2D eigenvalue weighted by atomic mass is 16.3. The SMILES string of the molecule is C=CCn1c(CN2CCC[C@@](CO)(CN(C)C)C2)nc2ccccc21. The number of aliphatic hydroxyl groups is 1. The van der Waals surface area contributed by atoms with Gasteiger partial charge < -0.3 is 14.6 Å². The molecular weight excluding hydrogens is 312 g/mol. The van der Waals surface area contributed by atoms with E-state index in [9.17, 15) is 5.11 Å². The van der Waals surface area contributed by atoms with Crippen LogP contribution in [0.2, 0.25) is 0 Å². The Bertz CT molecular complexity index is 724. The molecule has 0 amide bonds. The van der Waals surface area contributed by atoms with Crippen LogP contribution in [0.5, 0.6) is 0 Å². The summed E-state index contributed by atoms with van der Waals surface area (Å²) >= 11 is 0. The van der Waals surface area contributed by atoms with Gasteiger partial charge in [-0.2, -0.15) is 0 Å². The maximum atomic E-state index is 10.0. The van der Waals surface area contributed by atoms with E-state index >= 15 is 0 Å². The zero-order valence-electron chi connectivity index (χ0n) is 15.5. The van der Waals surface area contributed by atoms with Gasteiger partial charge >= 0.3 is 0 Å². The molecule has 1 aliphatic heterocycles. The lowest BCUT2D eigenvalue weighted by Gasteiger charge is -2.43. The summed E-state index contributed by atoms with van der Waals surface area (Å²) in [4.78, 5) is 9.50. The molecule has 1 aromatic carbocycles. The van der Waals surface area contributed by atoms with Crippen molar-refractivity contribution in [3.05, 3.63) is 42.7 Å². The van der Waals surface area contributed by atoms with Gasteiger partial charge in [-0.15, -0.1) is 6.58 Å². The maximum Gasteiger partial charge on any atom is 0.124 e. The number of likely N-dealkylation sites (tertiary alicyclic amines) is 1. The number of aromatic nitrogens is 2. The third-order valence-corrected chi connectivity index (χ3v) is 5.14. The number of imidazole rings is 1. The van der Waals surface area contributed by atoms with Crippen molar-refractivity contribution >= 4 is 11.0 Å². The Balaban J connectivity index is 1.83. The van der Waals surface area contributed by atoms with Gasteiger partial charge in [0, 0.05) is 25.0 Å². The van der Waals surface area contributed by atoms with E-state index in [0.717, 1.165) is 62.4 Å². The van der Waals surface area contributed by atoms with Crippen LogP contribution >= 0.6 is 0 Å². The molecule has 0 bridgehead atoms. The van der Waals surface area contributed by atoms with Crippen LogP contribution in [0.25, 0.3) is 11.0 Å². The lowest BCUT2D eigenvalue weighted by molar-refractivity contribution is 0.00940. The molecule has 0 aliphatic carbocycles. The largest absolute Gasteiger partial charge is 0.396 e. The fourth-order valence-electron chi connectivity index (χ4n) is 4.20. The third kappa shape index (κ3) is 3.94. The van der Waals surface area contributed by atoms with E-state index in [1.807, 2.05) is 12.1 Å². The first-order valence-corrected chi connectivity index (χ1v) is 9.10. The van der Waals surface area contributed by atoms with Crippen molar-refractivity contribution in [2.75, 3.05) is 40.3 Å². The molecule has 5 nitrogen and oxygen atoms in total. The minimum absolute atomic E-state index is 0.0307. The number of nitrogens with zero attached hydrogens (tertiary/aromatic N) is 4. The molecule has 2 heterocycles. The van der Waals surface area contributed by atoms with Crippen molar-refractivity contribution in [1.29, 1.82) is 0 Å². The Labute approximate surface area is 150 Å². The summed E-state index contributed by atoms with van der Waals surface area (Å²) in [5, 5.41) is 10.0. The molecule has 1 atom stereocenters. The lowest BCUT2D eigenvalue weighted by Crippen LogP contribution is -2.50. The van der Waals surface area contributed by atoms with Gasteiger partial charge in [0.1, 0.15) is 5.82 Å². The van der Waals surface area contributed by atoms with E-state index in [4.69, 9.17) is 4.98 Å². The van der Waals surface area contributed by atoms with Crippen LogP contribution in [0.3, 0.4) is 0 Å². The number of hydrogen-bond donors (Lipinski definition) is 1. The fraction of sp³-hybridized carbons (Fsp3) is 0.550. The Kier molecular flexibility index (Phi) is 5.57. The first-order chi connectivity index (χ1) is 12.1. The molecule has 2 aromatic rings. The molecule has 3 rings (SSSR count). The lowest BCUT2D eigenvalue weighted by atomic mass is 9.80. The predicted octanol–water partition coefficient (Wildman–Crippen LogP) is 2.36. The van der Waals surface area contributed by atoms with Gasteiger partial charge in [-0.3, -0.25) is 4.90 Å². The first-order valence-electron chi connectivity index (χ1n) is 9.10.